The van der Waals surface area contributed by atoms with Gasteiger partial charge in [0, 0.05) is 0 Å². The van der Waals surface area contributed by atoms with E-state index in [9.17, 15) is 22.4 Å². The Kier molecular flexibility index (Phi) is 6.74. The highest BCUT2D eigenvalue weighted by atomic mass is 32.2. The van der Waals surface area contributed by atoms with Gasteiger partial charge in [0.05, 0.1) is 29.9 Å². The van der Waals surface area contributed by atoms with E-state index in [0.29, 0.717) is 5.56 Å². The van der Waals surface area contributed by atoms with Crippen LogP contribution in [0.5, 0.6) is 0 Å². The van der Waals surface area contributed by atoms with Crippen LogP contribution in [-0.4, -0.2) is 40.6 Å². The van der Waals surface area contributed by atoms with E-state index in [1.165, 1.54) is 12.1 Å². The maximum atomic E-state index is 13.2. The van der Waals surface area contributed by atoms with Crippen LogP contribution >= 0.6 is 0 Å². The van der Waals surface area contributed by atoms with E-state index in [0.717, 1.165) is 35.7 Å². The Hall–Kier alpha value is -2.94. The van der Waals surface area contributed by atoms with Gasteiger partial charge in [-0.05, 0) is 55.8 Å². The van der Waals surface area contributed by atoms with Gasteiger partial charge in [-0.2, -0.15) is 0 Å². The quantitative estimate of drug-likeness (QED) is 0.653. The molecule has 0 aliphatic carbocycles. The highest BCUT2D eigenvalue weighted by Crippen LogP contribution is 2.28. The van der Waals surface area contributed by atoms with Crippen molar-refractivity contribution < 1.29 is 31.9 Å². The molecule has 0 radical (unpaired) electrons. The number of ether oxygens (including phenoxy) is 2. The van der Waals surface area contributed by atoms with Crippen molar-refractivity contribution in [3.8, 4) is 0 Å². The topological polar surface area (TPSA) is 90.0 Å². The zero-order valence-electron chi connectivity index (χ0n) is 15.6. The second kappa shape index (κ2) is 8.83. The van der Waals surface area contributed by atoms with Crippen molar-refractivity contribution in [2.45, 2.75) is 18.7 Å². The summed E-state index contributed by atoms with van der Waals surface area (Å²) in [5, 5.41) is 0. The first kappa shape index (κ1) is 21.4. The average Bonchev–Trinajstić information content (AvgIpc) is 2.67. The summed E-state index contributed by atoms with van der Waals surface area (Å²) in [6.07, 6.45) is 0. The van der Waals surface area contributed by atoms with E-state index < -0.39 is 34.3 Å². The van der Waals surface area contributed by atoms with Gasteiger partial charge >= 0.3 is 11.9 Å². The fourth-order valence-electron chi connectivity index (χ4n) is 2.43. The lowest BCUT2D eigenvalue weighted by Crippen LogP contribution is -2.37. The molecule has 0 amide bonds. The van der Waals surface area contributed by atoms with Crippen molar-refractivity contribution in [1.29, 1.82) is 0 Å². The van der Waals surface area contributed by atoms with E-state index >= 15 is 0 Å². The number of benzene rings is 2. The van der Waals surface area contributed by atoms with E-state index in [1.807, 2.05) is 0 Å². The van der Waals surface area contributed by atoms with E-state index in [4.69, 9.17) is 4.74 Å². The van der Waals surface area contributed by atoms with Crippen LogP contribution in [0.4, 0.5) is 10.1 Å². The molecule has 0 aromatic heterocycles. The summed E-state index contributed by atoms with van der Waals surface area (Å²) in [5.41, 5.74) is 0.745. The molecule has 0 fully saturated rings. The number of hydrogen-bond donors (Lipinski definition) is 0. The van der Waals surface area contributed by atoms with Crippen LogP contribution in [0.3, 0.4) is 0 Å². The highest BCUT2D eigenvalue weighted by Gasteiger charge is 2.29. The molecule has 0 aliphatic rings. The summed E-state index contributed by atoms with van der Waals surface area (Å²) in [4.78, 5) is 23.7. The van der Waals surface area contributed by atoms with Gasteiger partial charge in [0.1, 0.15) is 12.4 Å². The molecule has 7 nitrogen and oxygen atoms in total. The Labute approximate surface area is 162 Å². The summed E-state index contributed by atoms with van der Waals surface area (Å²) >= 11 is 0. The summed E-state index contributed by atoms with van der Waals surface area (Å²) in [5.74, 6) is -2.02. The summed E-state index contributed by atoms with van der Waals surface area (Å²) < 4.78 is 49.9. The van der Waals surface area contributed by atoms with Crippen molar-refractivity contribution in [1.82, 2.24) is 0 Å². The predicted molar refractivity (Wildman–Crippen MR) is 100 cm³/mol. The maximum Gasteiger partial charge on any atom is 0.338 e. The number of nitrogens with zero attached hydrogens (tertiary/aromatic N) is 1. The minimum absolute atomic E-state index is 0.111. The normalized spacial score (nSPS) is 11.0. The first-order chi connectivity index (χ1) is 13.2. The monoisotopic (exact) mass is 409 g/mol. The number of hydrogen-bond acceptors (Lipinski definition) is 6. The number of halogens is 1. The Morgan fingerprint density at radius 1 is 1.11 bits per heavy atom. The van der Waals surface area contributed by atoms with Gasteiger partial charge in [-0.3, -0.25) is 9.10 Å². The number of rotatable bonds is 7. The second-order valence-corrected chi connectivity index (χ2v) is 7.63. The smallest absolute Gasteiger partial charge is 0.338 e. The molecule has 0 aliphatic heterocycles. The van der Waals surface area contributed by atoms with Gasteiger partial charge in [0.25, 0.3) is 10.0 Å². The molecule has 2 aromatic carbocycles. The molecular formula is C19H20FNO6S. The fourth-order valence-corrected chi connectivity index (χ4v) is 3.90. The van der Waals surface area contributed by atoms with Gasteiger partial charge in [-0.25, -0.2) is 17.6 Å². The van der Waals surface area contributed by atoms with Gasteiger partial charge in [0.15, 0.2) is 0 Å². The zero-order valence-corrected chi connectivity index (χ0v) is 16.5. The number of anilines is 1. The van der Waals surface area contributed by atoms with Crippen LogP contribution in [0.25, 0.3) is 0 Å². The number of aryl methyl sites for hydroxylation is 1. The van der Waals surface area contributed by atoms with Crippen molar-refractivity contribution in [2.24, 2.45) is 0 Å². The van der Waals surface area contributed by atoms with Crippen LogP contribution in [0.1, 0.15) is 22.8 Å². The molecule has 28 heavy (non-hydrogen) atoms. The lowest BCUT2D eigenvalue weighted by Gasteiger charge is -2.25. The Balaban J connectivity index is 2.60. The lowest BCUT2D eigenvalue weighted by molar-refractivity contribution is -0.138. The molecule has 0 saturated carbocycles. The van der Waals surface area contributed by atoms with Gasteiger partial charge in [-0.15, -0.1) is 0 Å². The Morgan fingerprint density at radius 2 is 1.75 bits per heavy atom. The molecule has 2 rings (SSSR count). The molecule has 0 spiro atoms. The highest BCUT2D eigenvalue weighted by molar-refractivity contribution is 7.92. The average molecular weight is 409 g/mol. The largest absolute Gasteiger partial charge is 0.468 e. The summed E-state index contributed by atoms with van der Waals surface area (Å²) in [6.45, 7) is 2.81. The summed E-state index contributed by atoms with van der Waals surface area (Å²) in [6, 6.07) is 8.58. The first-order valence-electron chi connectivity index (χ1n) is 8.33. The third kappa shape index (κ3) is 4.66. The van der Waals surface area contributed by atoms with Crippen molar-refractivity contribution in [3.63, 3.8) is 0 Å². The number of carbonyl (C=O) groups excluding carboxylic acids is 2. The van der Waals surface area contributed by atoms with Gasteiger partial charge in [-0.1, -0.05) is 6.07 Å². The predicted octanol–water partition coefficient (Wildman–Crippen LogP) is 2.68. The third-order valence-electron chi connectivity index (χ3n) is 3.89. The molecule has 0 unspecified atom stereocenters. The van der Waals surface area contributed by atoms with Crippen LogP contribution in [-0.2, 0) is 24.3 Å². The third-order valence-corrected chi connectivity index (χ3v) is 5.66. The van der Waals surface area contributed by atoms with Crippen LogP contribution in [0, 0.1) is 12.7 Å². The minimum Gasteiger partial charge on any atom is -0.468 e. The molecule has 0 atom stereocenters. The van der Waals surface area contributed by atoms with E-state index in [2.05, 4.69) is 4.74 Å². The molecule has 0 bridgehead atoms. The van der Waals surface area contributed by atoms with E-state index in [-0.39, 0.29) is 22.8 Å². The molecule has 2 aromatic rings. The number of methoxy groups -OCH3 is 1. The van der Waals surface area contributed by atoms with Crippen LogP contribution < -0.4 is 4.31 Å². The SMILES string of the molecule is CCOC(=O)c1ccc(C)c(N(CC(=O)OC)S(=O)(=O)c2ccc(F)cc2)c1. The lowest BCUT2D eigenvalue weighted by atomic mass is 10.1. The number of carbonyl (C=O) groups is 2. The fraction of sp³-hybridized carbons (Fsp3) is 0.263. The van der Waals surface area contributed by atoms with Gasteiger partial charge in [0.2, 0.25) is 0 Å². The molecule has 9 heteroatoms. The zero-order chi connectivity index (χ0) is 20.9. The Morgan fingerprint density at radius 3 is 2.32 bits per heavy atom. The van der Waals surface area contributed by atoms with Crippen molar-refractivity contribution in [3.05, 3.63) is 59.4 Å². The van der Waals surface area contributed by atoms with Crippen LogP contribution in [0.15, 0.2) is 47.4 Å². The van der Waals surface area contributed by atoms with Crippen LogP contribution in [0.2, 0.25) is 0 Å². The van der Waals surface area contributed by atoms with Crippen molar-refractivity contribution in [2.75, 3.05) is 24.6 Å². The maximum absolute atomic E-state index is 13.2. The molecule has 150 valence electrons. The first-order valence-corrected chi connectivity index (χ1v) is 9.77. The summed E-state index contributed by atoms with van der Waals surface area (Å²) in [7, 11) is -3.11. The van der Waals surface area contributed by atoms with E-state index in [1.54, 1.807) is 19.9 Å². The minimum atomic E-state index is -4.24. The molecular weight excluding hydrogens is 389 g/mol. The molecule has 0 saturated heterocycles. The van der Waals surface area contributed by atoms with Crippen molar-refractivity contribution >= 4 is 27.6 Å². The van der Waals surface area contributed by atoms with Gasteiger partial charge < -0.3 is 9.47 Å². The Bertz CT molecular complexity index is 972. The molecule has 0 heterocycles. The standard InChI is InChI=1S/C19H20FNO6S/c1-4-27-19(23)14-6-5-13(2)17(11-14)21(12-18(22)26-3)28(24,25)16-9-7-15(20)8-10-16/h5-11H,4,12H2,1-3H3. The number of sulfonamides is 1. The molecule has 0 N–H and O–H groups in total. The number of esters is 2. The second-order valence-electron chi connectivity index (χ2n) is 5.76.